The van der Waals surface area contributed by atoms with Crippen molar-refractivity contribution in [1.29, 1.82) is 0 Å². The Balaban J connectivity index is 2.02. The minimum Gasteiger partial charge on any atom is -0.385 e. The predicted octanol–water partition coefficient (Wildman–Crippen LogP) is -1.78. The Morgan fingerprint density at radius 3 is 1.79 bits per heavy atom. The average Bonchev–Trinajstić information content (AvgIpc) is 3.08. The van der Waals surface area contributed by atoms with E-state index in [1.807, 2.05) is 0 Å². The van der Waals surface area contributed by atoms with Crippen LogP contribution in [0.3, 0.4) is 0 Å². The summed E-state index contributed by atoms with van der Waals surface area (Å²) >= 11 is 0. The summed E-state index contributed by atoms with van der Waals surface area (Å²) in [5.41, 5.74) is 0. The molecular formula is C13H26O17P3+. The first-order chi connectivity index (χ1) is 15.1. The van der Waals surface area contributed by atoms with E-state index >= 15 is 0 Å². The molecule has 2 fully saturated rings. The van der Waals surface area contributed by atoms with Crippen molar-refractivity contribution >= 4 is 23.9 Å². The highest BCUT2D eigenvalue weighted by Gasteiger charge is 2.51. The number of hydrogen-bond donors (Lipinski definition) is 7. The lowest BCUT2D eigenvalue weighted by Crippen LogP contribution is -2.38. The highest BCUT2D eigenvalue weighted by atomic mass is 31.2. The summed E-state index contributed by atoms with van der Waals surface area (Å²) in [7, 11) is -12.9. The van der Waals surface area contributed by atoms with E-state index in [1.54, 1.807) is 0 Å². The molecule has 0 saturated carbocycles. The Morgan fingerprint density at radius 1 is 0.879 bits per heavy atom. The first kappa shape index (κ1) is 29.2. The van der Waals surface area contributed by atoms with Crippen LogP contribution in [0.25, 0.3) is 0 Å². The molecule has 2 saturated heterocycles. The highest BCUT2D eigenvalue weighted by Crippen LogP contribution is 2.50. The van der Waals surface area contributed by atoms with Gasteiger partial charge in [-0.05, 0) is 13.8 Å². The smallest absolute Gasteiger partial charge is 0.385 e. The van der Waals surface area contributed by atoms with Gasteiger partial charge in [0.15, 0.2) is 12.6 Å². The van der Waals surface area contributed by atoms with E-state index in [0.717, 1.165) is 0 Å². The van der Waals surface area contributed by atoms with Gasteiger partial charge in [0.2, 0.25) is 0 Å². The molecule has 0 aromatic rings. The van der Waals surface area contributed by atoms with Crippen molar-refractivity contribution in [1.82, 2.24) is 0 Å². The molecule has 33 heavy (non-hydrogen) atoms. The Morgan fingerprint density at radius 2 is 1.33 bits per heavy atom. The van der Waals surface area contributed by atoms with Crippen LogP contribution in [-0.4, -0.2) is 104 Å². The largest absolute Gasteiger partial charge is 0.694 e. The molecule has 0 spiro atoms. The van der Waals surface area contributed by atoms with Crippen LogP contribution in [0.2, 0.25) is 0 Å². The van der Waals surface area contributed by atoms with Crippen LogP contribution >= 0.6 is 23.9 Å². The van der Waals surface area contributed by atoms with Crippen LogP contribution in [-0.2, 0) is 45.8 Å². The van der Waals surface area contributed by atoms with Gasteiger partial charge in [0.05, 0.1) is 12.7 Å². The summed E-state index contributed by atoms with van der Waals surface area (Å²) in [6.07, 6.45) is -14.7. The Kier molecular flexibility index (Phi) is 10.5. The number of phosphoric acid groups is 2. The normalized spacial score (nSPS) is 38.9. The summed E-state index contributed by atoms with van der Waals surface area (Å²) in [5.74, 6) is 0. The number of hydrogen-bond acceptors (Lipinski definition) is 14. The molecular weight excluding hydrogens is 521 g/mol. The van der Waals surface area contributed by atoms with Crippen molar-refractivity contribution < 1.29 is 80.9 Å². The number of rotatable bonds is 12. The monoisotopic (exact) mass is 547 g/mol. The number of ether oxygens (including phenoxy) is 2. The molecule has 194 valence electrons. The standard InChI is InChI=1S/C13H25O17P3/c1-5(2)28-33(22,23)30-11-7(27-13(17)9(11)15)4-25-32(20,21)29-10-6(3-24-31(18)19)26-12(16)8(10)14/h5-17H,3-4H2,1-2H3,(H2-,18,19,20,21,22,23)/p+1/t6-,7-,8-,9-,10-,11-,12-,13-/m1/s1. The van der Waals surface area contributed by atoms with E-state index in [2.05, 4.69) is 4.52 Å². The van der Waals surface area contributed by atoms with Gasteiger partial charge in [-0.2, -0.15) is 0 Å². The topological polar surface area (TPSA) is 257 Å². The predicted molar refractivity (Wildman–Crippen MR) is 101 cm³/mol. The summed E-state index contributed by atoms with van der Waals surface area (Å²) in [6, 6.07) is 0. The average molecular weight is 547 g/mol. The molecule has 2 heterocycles. The van der Waals surface area contributed by atoms with Gasteiger partial charge in [-0.25, -0.2) is 9.13 Å². The van der Waals surface area contributed by atoms with Gasteiger partial charge in [-0.15, -0.1) is 9.42 Å². The molecule has 0 radical (unpaired) electrons. The van der Waals surface area contributed by atoms with Gasteiger partial charge in [-0.3, -0.25) is 18.1 Å². The second kappa shape index (κ2) is 11.8. The van der Waals surface area contributed by atoms with Crippen LogP contribution in [0.4, 0.5) is 0 Å². The first-order valence-corrected chi connectivity index (χ1v) is 13.4. The van der Waals surface area contributed by atoms with Gasteiger partial charge >= 0.3 is 23.9 Å². The third-order valence-corrected chi connectivity index (χ3v) is 6.78. The molecule has 2 aliphatic heterocycles. The molecule has 3 unspecified atom stereocenters. The van der Waals surface area contributed by atoms with Crippen molar-refractivity contribution in [2.24, 2.45) is 0 Å². The second-order valence-electron chi connectivity index (χ2n) is 7.17. The molecule has 0 amide bonds. The Labute approximate surface area is 187 Å². The van der Waals surface area contributed by atoms with Gasteiger partial charge in [0.25, 0.3) is 0 Å². The van der Waals surface area contributed by atoms with E-state index in [4.69, 9.17) is 32.5 Å². The zero-order chi connectivity index (χ0) is 25.1. The molecule has 7 N–H and O–H groups in total. The van der Waals surface area contributed by atoms with Gasteiger partial charge in [0, 0.05) is 4.57 Å². The lowest BCUT2D eigenvalue weighted by atomic mass is 10.1. The minimum absolute atomic E-state index is 0.702. The maximum Gasteiger partial charge on any atom is 0.694 e. The molecule has 17 nitrogen and oxygen atoms in total. The fraction of sp³-hybridized carbons (Fsp3) is 1.00. The molecule has 0 aliphatic carbocycles. The second-order valence-corrected chi connectivity index (χ2v) is 10.7. The number of aliphatic hydroxyl groups excluding tert-OH is 4. The zero-order valence-electron chi connectivity index (χ0n) is 17.2. The first-order valence-electron chi connectivity index (χ1n) is 9.29. The zero-order valence-corrected chi connectivity index (χ0v) is 19.8. The third kappa shape index (κ3) is 8.56. The van der Waals surface area contributed by atoms with Crippen molar-refractivity contribution in [3.63, 3.8) is 0 Å². The van der Waals surface area contributed by atoms with E-state index < -0.39 is 92.4 Å². The summed E-state index contributed by atoms with van der Waals surface area (Å²) in [4.78, 5) is 28.4. The van der Waals surface area contributed by atoms with Gasteiger partial charge < -0.3 is 39.7 Å². The van der Waals surface area contributed by atoms with E-state index in [0.29, 0.717) is 0 Å². The molecule has 11 atom stereocenters. The minimum atomic E-state index is -5.09. The van der Waals surface area contributed by atoms with Crippen molar-refractivity contribution in [2.75, 3.05) is 13.2 Å². The fourth-order valence-electron chi connectivity index (χ4n) is 2.90. The number of phosphoric ester groups is 2. The van der Waals surface area contributed by atoms with E-state index in [9.17, 15) is 43.9 Å². The summed E-state index contributed by atoms with van der Waals surface area (Å²) < 4.78 is 68.1. The van der Waals surface area contributed by atoms with Crippen molar-refractivity contribution in [3.8, 4) is 0 Å². The fourth-order valence-corrected chi connectivity index (χ4v) is 5.29. The van der Waals surface area contributed by atoms with Crippen molar-refractivity contribution in [2.45, 2.75) is 69.2 Å². The maximum absolute atomic E-state index is 12.3. The van der Waals surface area contributed by atoms with Crippen LogP contribution in [0.1, 0.15) is 13.8 Å². The van der Waals surface area contributed by atoms with E-state index in [1.165, 1.54) is 13.8 Å². The molecule has 0 aromatic heterocycles. The van der Waals surface area contributed by atoms with Gasteiger partial charge in [0.1, 0.15) is 43.2 Å². The molecule has 2 rings (SSSR count). The van der Waals surface area contributed by atoms with E-state index in [-0.39, 0.29) is 0 Å². The maximum atomic E-state index is 12.3. The van der Waals surface area contributed by atoms with Crippen LogP contribution in [0.15, 0.2) is 0 Å². The van der Waals surface area contributed by atoms with Crippen LogP contribution < -0.4 is 0 Å². The molecule has 0 aromatic carbocycles. The quantitative estimate of drug-likeness (QED) is 0.133. The number of aliphatic hydroxyl groups is 4. The Hall–Kier alpha value is -0.000000000000000104. The summed E-state index contributed by atoms with van der Waals surface area (Å²) in [6.45, 7) is 1.23. The summed E-state index contributed by atoms with van der Waals surface area (Å²) in [5, 5.41) is 39.0. The lowest BCUT2D eigenvalue weighted by Gasteiger charge is -2.25. The lowest BCUT2D eigenvalue weighted by molar-refractivity contribution is -0.133. The highest BCUT2D eigenvalue weighted by molar-refractivity contribution is 7.47. The third-order valence-electron chi connectivity index (χ3n) is 4.22. The Bertz CT molecular complexity index is 764. The van der Waals surface area contributed by atoms with Gasteiger partial charge in [-0.1, -0.05) is 0 Å². The molecule has 20 heteroatoms. The molecule has 2 aliphatic rings. The van der Waals surface area contributed by atoms with Crippen molar-refractivity contribution in [3.05, 3.63) is 0 Å². The molecule has 0 bridgehead atoms. The van der Waals surface area contributed by atoms with Crippen LogP contribution in [0, 0.1) is 0 Å². The van der Waals surface area contributed by atoms with Crippen LogP contribution in [0.5, 0.6) is 0 Å². The SMILES string of the molecule is CC(C)OP(=O)(O)O[C@H]1[C@@H](O)[C@H](O)O[C@@H]1COP(=O)(O)O[C@H]1[C@@H](O)[C@H](O)O[C@@H]1CO[P+](=O)O.